The van der Waals surface area contributed by atoms with Gasteiger partial charge in [0.2, 0.25) is 0 Å². The molecule has 6 heteroatoms. The normalized spacial score (nSPS) is 19.9. The summed E-state index contributed by atoms with van der Waals surface area (Å²) in [4.78, 5) is 22.0. The molecule has 0 aliphatic carbocycles. The lowest BCUT2D eigenvalue weighted by Crippen LogP contribution is -2.43. The molecule has 4 rings (SSSR count). The van der Waals surface area contributed by atoms with E-state index < -0.39 is 12.1 Å². The number of methoxy groups -OCH3 is 1. The van der Waals surface area contributed by atoms with Gasteiger partial charge in [0.1, 0.15) is 5.82 Å². The Kier molecular flexibility index (Phi) is 4.73. The zero-order valence-corrected chi connectivity index (χ0v) is 15.1. The van der Waals surface area contributed by atoms with Crippen LogP contribution in [0, 0.1) is 0 Å². The third-order valence-electron chi connectivity index (χ3n) is 5.12. The molecule has 27 heavy (non-hydrogen) atoms. The van der Waals surface area contributed by atoms with E-state index in [-0.39, 0.29) is 11.6 Å². The molecule has 2 atom stereocenters. The molecule has 1 aliphatic heterocycles. The highest BCUT2D eigenvalue weighted by atomic mass is 16.5. The molecule has 1 fully saturated rings. The van der Waals surface area contributed by atoms with Crippen LogP contribution in [0.1, 0.15) is 28.4 Å². The first kappa shape index (κ1) is 17.4. The molecule has 0 radical (unpaired) electrons. The first-order valence-electron chi connectivity index (χ1n) is 8.98. The summed E-state index contributed by atoms with van der Waals surface area (Å²) < 4.78 is 4.70. The van der Waals surface area contributed by atoms with Crippen LogP contribution in [-0.2, 0) is 4.74 Å². The van der Waals surface area contributed by atoms with Crippen molar-refractivity contribution in [3.05, 3.63) is 66.1 Å². The molecule has 2 aromatic carbocycles. The molecule has 138 valence electrons. The van der Waals surface area contributed by atoms with E-state index in [1.165, 1.54) is 24.1 Å². The summed E-state index contributed by atoms with van der Waals surface area (Å²) in [5.74, 6) is 0.132. The number of fused-ring (bicyclic) bond motifs is 1. The number of hydrogen-bond donors (Lipinski definition) is 1. The quantitative estimate of drug-likeness (QED) is 0.721. The molecule has 0 unspecified atom stereocenters. The van der Waals surface area contributed by atoms with E-state index in [1.54, 1.807) is 6.20 Å². The van der Waals surface area contributed by atoms with Crippen LogP contribution in [0.4, 0.5) is 5.82 Å². The van der Waals surface area contributed by atoms with Gasteiger partial charge in [0.15, 0.2) is 5.69 Å². The number of aliphatic hydroxyl groups excluding tert-OH is 1. The van der Waals surface area contributed by atoms with E-state index in [9.17, 15) is 9.90 Å². The summed E-state index contributed by atoms with van der Waals surface area (Å²) in [6.07, 6.45) is 3.26. The minimum atomic E-state index is -0.525. The molecule has 1 aliphatic rings. The summed E-state index contributed by atoms with van der Waals surface area (Å²) in [5, 5.41) is 13.1. The Bertz CT molecular complexity index is 976. The van der Waals surface area contributed by atoms with Crippen molar-refractivity contribution in [2.45, 2.75) is 18.4 Å². The van der Waals surface area contributed by atoms with Crippen molar-refractivity contribution in [1.82, 2.24) is 9.97 Å². The zero-order chi connectivity index (χ0) is 18.8. The molecular formula is C21H21N3O3. The molecule has 0 amide bonds. The van der Waals surface area contributed by atoms with Crippen LogP contribution >= 0.6 is 0 Å². The van der Waals surface area contributed by atoms with Crippen LogP contribution in [0.5, 0.6) is 0 Å². The van der Waals surface area contributed by atoms with Gasteiger partial charge < -0.3 is 14.7 Å². The van der Waals surface area contributed by atoms with E-state index >= 15 is 0 Å². The van der Waals surface area contributed by atoms with Crippen LogP contribution < -0.4 is 4.90 Å². The van der Waals surface area contributed by atoms with Crippen molar-refractivity contribution < 1.29 is 14.6 Å². The van der Waals surface area contributed by atoms with Gasteiger partial charge in [-0.3, -0.25) is 4.98 Å². The molecule has 0 saturated carbocycles. The maximum Gasteiger partial charge on any atom is 0.358 e. The summed E-state index contributed by atoms with van der Waals surface area (Å²) in [5.41, 5.74) is 1.32. The third kappa shape index (κ3) is 3.48. The zero-order valence-electron chi connectivity index (χ0n) is 15.1. The van der Waals surface area contributed by atoms with Crippen molar-refractivity contribution in [3.63, 3.8) is 0 Å². The molecule has 1 saturated heterocycles. The summed E-state index contributed by atoms with van der Waals surface area (Å²) >= 11 is 0. The second-order valence-electron chi connectivity index (χ2n) is 6.77. The monoisotopic (exact) mass is 363 g/mol. The molecule has 3 aromatic rings. The van der Waals surface area contributed by atoms with E-state index in [2.05, 4.69) is 40.3 Å². The van der Waals surface area contributed by atoms with Gasteiger partial charge >= 0.3 is 5.97 Å². The Morgan fingerprint density at radius 3 is 2.78 bits per heavy atom. The van der Waals surface area contributed by atoms with E-state index in [0.29, 0.717) is 12.4 Å². The van der Waals surface area contributed by atoms with Crippen LogP contribution in [0.3, 0.4) is 0 Å². The Hall–Kier alpha value is -2.99. The fraction of sp³-hybridized carbons (Fsp3) is 0.286. The van der Waals surface area contributed by atoms with Crippen LogP contribution in [0.2, 0.25) is 0 Å². The first-order chi connectivity index (χ1) is 13.2. The number of benzene rings is 2. The summed E-state index contributed by atoms with van der Waals surface area (Å²) in [6.45, 7) is 1.17. The number of rotatable bonds is 3. The molecule has 1 aromatic heterocycles. The number of aliphatic hydroxyl groups is 1. The molecule has 6 nitrogen and oxygen atoms in total. The van der Waals surface area contributed by atoms with Crippen LogP contribution in [0.15, 0.2) is 54.9 Å². The molecule has 0 bridgehead atoms. The number of β-amino-alcohol motifs (C(OH)–C–C–N with tert-alkyl or cyclic N) is 1. The molecule has 0 spiro atoms. The average molecular weight is 363 g/mol. The first-order valence-corrected chi connectivity index (χ1v) is 8.98. The van der Waals surface area contributed by atoms with Crippen molar-refractivity contribution in [2.75, 3.05) is 25.1 Å². The second-order valence-corrected chi connectivity index (χ2v) is 6.77. The fourth-order valence-corrected chi connectivity index (χ4v) is 3.68. The van der Waals surface area contributed by atoms with Gasteiger partial charge in [-0.2, -0.15) is 0 Å². The molecule has 1 N–H and O–H groups in total. The smallest absolute Gasteiger partial charge is 0.358 e. The van der Waals surface area contributed by atoms with Gasteiger partial charge in [-0.05, 0) is 22.8 Å². The van der Waals surface area contributed by atoms with Gasteiger partial charge in [0, 0.05) is 19.0 Å². The van der Waals surface area contributed by atoms with Crippen molar-refractivity contribution in [1.29, 1.82) is 0 Å². The Balaban J connectivity index is 1.53. The van der Waals surface area contributed by atoms with Crippen LogP contribution in [-0.4, -0.2) is 47.3 Å². The highest BCUT2D eigenvalue weighted by Gasteiger charge is 2.30. The maximum absolute atomic E-state index is 11.7. The SMILES string of the molecule is COC(=O)c1cncc(N2CC[C@@H](c3ccc4ccccc4c3)[C@H](O)C2)n1. The number of aromatic nitrogens is 2. The minimum Gasteiger partial charge on any atom is -0.464 e. The van der Waals surface area contributed by atoms with E-state index in [1.807, 2.05) is 17.0 Å². The van der Waals surface area contributed by atoms with Crippen LogP contribution in [0.25, 0.3) is 10.8 Å². The Morgan fingerprint density at radius 2 is 2.00 bits per heavy atom. The number of nitrogens with zero attached hydrogens (tertiary/aromatic N) is 3. The van der Waals surface area contributed by atoms with Gasteiger partial charge in [0.25, 0.3) is 0 Å². The van der Waals surface area contributed by atoms with E-state index in [4.69, 9.17) is 4.74 Å². The van der Waals surface area contributed by atoms with Gasteiger partial charge in [0.05, 0.1) is 25.6 Å². The standard InChI is InChI=1S/C21H21N3O3/c1-27-21(26)18-11-22-12-20(23-18)24-9-8-17(19(25)13-24)16-7-6-14-4-2-3-5-15(14)10-16/h2-7,10-12,17,19,25H,8-9,13H2,1H3/t17-,19+/m0/s1. The minimum absolute atomic E-state index is 0.0719. The largest absolute Gasteiger partial charge is 0.464 e. The van der Waals surface area contributed by atoms with Gasteiger partial charge in [-0.25, -0.2) is 9.78 Å². The maximum atomic E-state index is 11.7. The predicted octanol–water partition coefficient (Wildman–Crippen LogP) is 2.77. The van der Waals surface area contributed by atoms with E-state index in [0.717, 1.165) is 18.5 Å². The lowest BCUT2D eigenvalue weighted by Gasteiger charge is -2.36. The van der Waals surface area contributed by atoms with Gasteiger partial charge in [-0.15, -0.1) is 0 Å². The van der Waals surface area contributed by atoms with Crippen molar-refractivity contribution >= 4 is 22.6 Å². The second kappa shape index (κ2) is 7.32. The van der Waals surface area contributed by atoms with Gasteiger partial charge in [-0.1, -0.05) is 42.5 Å². The van der Waals surface area contributed by atoms with Crippen molar-refractivity contribution in [2.24, 2.45) is 0 Å². The number of carbonyl (C=O) groups excluding carboxylic acids is 1. The molecule has 2 heterocycles. The average Bonchev–Trinajstić information content (AvgIpc) is 2.73. The predicted molar refractivity (Wildman–Crippen MR) is 103 cm³/mol. The summed E-state index contributed by atoms with van der Waals surface area (Å²) in [6, 6.07) is 14.6. The number of carbonyl (C=O) groups is 1. The lowest BCUT2D eigenvalue weighted by molar-refractivity contribution is 0.0593. The number of ether oxygens (including phenoxy) is 1. The highest BCUT2D eigenvalue weighted by molar-refractivity contribution is 5.87. The fourth-order valence-electron chi connectivity index (χ4n) is 3.68. The number of anilines is 1. The number of piperidine rings is 1. The summed E-state index contributed by atoms with van der Waals surface area (Å²) in [7, 11) is 1.31. The highest BCUT2D eigenvalue weighted by Crippen LogP contribution is 2.32. The van der Waals surface area contributed by atoms with Crippen molar-refractivity contribution in [3.8, 4) is 0 Å². The lowest BCUT2D eigenvalue weighted by atomic mass is 9.86. The Labute approximate surface area is 157 Å². The number of esters is 1. The third-order valence-corrected chi connectivity index (χ3v) is 5.12. The molecular weight excluding hydrogens is 342 g/mol. The number of hydrogen-bond acceptors (Lipinski definition) is 6. The Morgan fingerprint density at radius 1 is 1.19 bits per heavy atom. The topological polar surface area (TPSA) is 75.5 Å².